The lowest BCUT2D eigenvalue weighted by molar-refractivity contribution is -0.121. The van der Waals surface area contributed by atoms with Gasteiger partial charge >= 0.3 is 0 Å². The van der Waals surface area contributed by atoms with Crippen molar-refractivity contribution in [1.29, 1.82) is 0 Å². The zero-order valence-electron chi connectivity index (χ0n) is 10.1. The molecule has 1 atom stereocenters. The highest BCUT2D eigenvalue weighted by molar-refractivity contribution is 7.13. The third-order valence-corrected chi connectivity index (χ3v) is 3.23. The summed E-state index contributed by atoms with van der Waals surface area (Å²) in [6.45, 7) is 4.11. The zero-order chi connectivity index (χ0) is 12.8. The van der Waals surface area contributed by atoms with Crippen molar-refractivity contribution in [2.24, 2.45) is 5.92 Å². The summed E-state index contributed by atoms with van der Waals surface area (Å²) in [5.74, 6) is 0.217. The molecule has 0 spiro atoms. The molecule has 5 nitrogen and oxygen atoms in total. The second-order valence-corrected chi connectivity index (χ2v) is 5.17. The van der Waals surface area contributed by atoms with Crippen LogP contribution in [0.15, 0.2) is 5.38 Å². The Labute approximate surface area is 105 Å². The van der Waals surface area contributed by atoms with Gasteiger partial charge in [0.25, 0.3) is 0 Å². The van der Waals surface area contributed by atoms with E-state index in [9.17, 15) is 4.79 Å². The van der Waals surface area contributed by atoms with Crippen molar-refractivity contribution in [3.63, 3.8) is 0 Å². The van der Waals surface area contributed by atoms with E-state index in [0.29, 0.717) is 23.2 Å². The van der Waals surface area contributed by atoms with Crippen LogP contribution in [-0.2, 0) is 11.2 Å². The Bertz CT molecular complexity index is 365. The molecule has 0 aromatic carbocycles. The number of hydrogen-bond donors (Lipinski definition) is 3. The van der Waals surface area contributed by atoms with Crippen LogP contribution >= 0.6 is 11.3 Å². The molecule has 0 saturated heterocycles. The van der Waals surface area contributed by atoms with Crippen molar-refractivity contribution in [2.75, 3.05) is 12.3 Å². The highest BCUT2D eigenvalue weighted by Gasteiger charge is 2.16. The van der Waals surface area contributed by atoms with E-state index < -0.39 is 0 Å². The number of aromatic nitrogens is 1. The SMILES string of the molecule is CC(C)C(CCO)NC(=O)Cc1csc(N)n1. The summed E-state index contributed by atoms with van der Waals surface area (Å²) in [6.07, 6.45) is 0.810. The molecule has 0 saturated carbocycles. The number of anilines is 1. The Kier molecular flexibility index (Phi) is 5.37. The van der Waals surface area contributed by atoms with Gasteiger partial charge in [-0.1, -0.05) is 13.8 Å². The number of aliphatic hydroxyl groups excluding tert-OH is 1. The van der Waals surface area contributed by atoms with Gasteiger partial charge in [0.2, 0.25) is 5.91 Å². The average molecular weight is 257 g/mol. The lowest BCUT2D eigenvalue weighted by Gasteiger charge is -2.21. The van der Waals surface area contributed by atoms with E-state index in [1.54, 1.807) is 5.38 Å². The topological polar surface area (TPSA) is 88.2 Å². The van der Waals surface area contributed by atoms with E-state index in [1.807, 2.05) is 13.8 Å². The highest BCUT2D eigenvalue weighted by Crippen LogP contribution is 2.12. The van der Waals surface area contributed by atoms with Gasteiger partial charge < -0.3 is 16.2 Å². The van der Waals surface area contributed by atoms with E-state index >= 15 is 0 Å². The van der Waals surface area contributed by atoms with Gasteiger partial charge in [0.05, 0.1) is 12.1 Å². The second-order valence-electron chi connectivity index (χ2n) is 4.28. The van der Waals surface area contributed by atoms with Crippen molar-refractivity contribution in [3.8, 4) is 0 Å². The van der Waals surface area contributed by atoms with Gasteiger partial charge in [0.15, 0.2) is 5.13 Å². The number of nitrogens with one attached hydrogen (secondary N) is 1. The Morgan fingerprint density at radius 3 is 2.82 bits per heavy atom. The summed E-state index contributed by atoms with van der Waals surface area (Å²) >= 11 is 1.33. The van der Waals surface area contributed by atoms with Gasteiger partial charge in [-0.15, -0.1) is 11.3 Å². The average Bonchev–Trinajstić information content (AvgIpc) is 2.63. The first-order chi connectivity index (χ1) is 8.02. The summed E-state index contributed by atoms with van der Waals surface area (Å²) in [4.78, 5) is 15.8. The molecule has 0 aliphatic heterocycles. The quantitative estimate of drug-likeness (QED) is 0.703. The number of aliphatic hydroxyl groups is 1. The maximum absolute atomic E-state index is 11.7. The monoisotopic (exact) mass is 257 g/mol. The predicted molar refractivity (Wildman–Crippen MR) is 68.7 cm³/mol. The van der Waals surface area contributed by atoms with Crippen LogP contribution in [0.2, 0.25) is 0 Å². The fraction of sp³-hybridized carbons (Fsp3) is 0.636. The molecule has 0 bridgehead atoms. The molecule has 0 aliphatic carbocycles. The van der Waals surface area contributed by atoms with Crippen molar-refractivity contribution in [1.82, 2.24) is 10.3 Å². The summed E-state index contributed by atoms with van der Waals surface area (Å²) in [6, 6.07) is 0.00322. The van der Waals surface area contributed by atoms with Crippen molar-refractivity contribution < 1.29 is 9.90 Å². The molecule has 1 rings (SSSR count). The van der Waals surface area contributed by atoms with Gasteiger partial charge in [-0.25, -0.2) is 4.98 Å². The first-order valence-corrected chi connectivity index (χ1v) is 6.51. The molecule has 0 aliphatic rings. The fourth-order valence-corrected chi connectivity index (χ4v) is 2.10. The molecule has 1 aromatic heterocycles. The minimum atomic E-state index is -0.0811. The largest absolute Gasteiger partial charge is 0.396 e. The number of rotatable bonds is 6. The molecule has 17 heavy (non-hydrogen) atoms. The number of carbonyl (C=O) groups excluding carboxylic acids is 1. The standard InChI is InChI=1S/C11H19N3O2S/c1-7(2)9(3-4-15)14-10(16)5-8-6-17-11(12)13-8/h6-7,9,15H,3-5H2,1-2H3,(H2,12,13)(H,14,16). The predicted octanol–water partition coefficient (Wildman–Crippen LogP) is 0.791. The number of amides is 1. The van der Waals surface area contributed by atoms with Crippen molar-refractivity contribution >= 4 is 22.4 Å². The molecule has 1 aromatic rings. The van der Waals surface area contributed by atoms with Crippen LogP contribution in [0.4, 0.5) is 5.13 Å². The summed E-state index contributed by atoms with van der Waals surface area (Å²) < 4.78 is 0. The van der Waals surface area contributed by atoms with Gasteiger partial charge in [-0.3, -0.25) is 4.79 Å². The van der Waals surface area contributed by atoms with E-state index in [4.69, 9.17) is 10.8 Å². The molecule has 6 heteroatoms. The van der Waals surface area contributed by atoms with Gasteiger partial charge in [0, 0.05) is 18.0 Å². The first-order valence-electron chi connectivity index (χ1n) is 5.63. The fourth-order valence-electron chi connectivity index (χ4n) is 1.54. The maximum Gasteiger partial charge on any atom is 0.226 e. The lowest BCUT2D eigenvalue weighted by atomic mass is 10.0. The third-order valence-electron chi connectivity index (χ3n) is 2.50. The second kappa shape index (κ2) is 6.56. The van der Waals surface area contributed by atoms with Crippen molar-refractivity contribution in [2.45, 2.75) is 32.7 Å². The first kappa shape index (κ1) is 13.9. The number of nitrogen functional groups attached to an aromatic ring is 1. The molecular weight excluding hydrogens is 238 g/mol. The maximum atomic E-state index is 11.7. The number of thiazole rings is 1. The van der Waals surface area contributed by atoms with Gasteiger partial charge in [0.1, 0.15) is 0 Å². The molecule has 0 radical (unpaired) electrons. The number of carbonyl (C=O) groups is 1. The van der Waals surface area contributed by atoms with Crippen LogP contribution in [0, 0.1) is 5.92 Å². The number of hydrogen-bond acceptors (Lipinski definition) is 5. The highest BCUT2D eigenvalue weighted by atomic mass is 32.1. The van der Waals surface area contributed by atoms with Gasteiger partial charge in [-0.05, 0) is 12.3 Å². The minimum absolute atomic E-state index is 0.00322. The normalized spacial score (nSPS) is 12.7. The number of nitrogens with zero attached hydrogens (tertiary/aromatic N) is 1. The summed E-state index contributed by atoms with van der Waals surface area (Å²) in [7, 11) is 0. The van der Waals surface area contributed by atoms with Crippen LogP contribution in [-0.4, -0.2) is 28.6 Å². The van der Waals surface area contributed by atoms with Gasteiger partial charge in [-0.2, -0.15) is 0 Å². The molecule has 0 fully saturated rings. The smallest absolute Gasteiger partial charge is 0.226 e. The molecule has 1 heterocycles. The Hall–Kier alpha value is -1.14. The molecule has 1 unspecified atom stereocenters. The zero-order valence-corrected chi connectivity index (χ0v) is 11.0. The summed E-state index contributed by atoms with van der Waals surface area (Å²) in [5.41, 5.74) is 6.19. The molecule has 4 N–H and O–H groups in total. The molecule has 1 amide bonds. The van der Waals surface area contributed by atoms with Crippen LogP contribution in [0.1, 0.15) is 26.0 Å². The Morgan fingerprint density at radius 2 is 2.35 bits per heavy atom. The van der Waals surface area contributed by atoms with E-state index in [2.05, 4.69) is 10.3 Å². The van der Waals surface area contributed by atoms with E-state index in [1.165, 1.54) is 11.3 Å². The van der Waals surface area contributed by atoms with E-state index in [0.717, 1.165) is 0 Å². The Balaban J connectivity index is 2.47. The van der Waals surface area contributed by atoms with Crippen LogP contribution in [0.5, 0.6) is 0 Å². The third kappa shape index (κ3) is 4.70. The van der Waals surface area contributed by atoms with Crippen molar-refractivity contribution in [3.05, 3.63) is 11.1 Å². The van der Waals surface area contributed by atoms with Crippen LogP contribution in [0.25, 0.3) is 0 Å². The Morgan fingerprint density at radius 1 is 1.65 bits per heavy atom. The molecule has 96 valence electrons. The minimum Gasteiger partial charge on any atom is -0.396 e. The lowest BCUT2D eigenvalue weighted by Crippen LogP contribution is -2.40. The number of nitrogens with two attached hydrogens (primary N) is 1. The van der Waals surface area contributed by atoms with Crippen LogP contribution < -0.4 is 11.1 Å². The summed E-state index contributed by atoms with van der Waals surface area (Å²) in [5, 5.41) is 14.1. The molecular formula is C11H19N3O2S. The van der Waals surface area contributed by atoms with Crippen LogP contribution in [0.3, 0.4) is 0 Å². The van der Waals surface area contributed by atoms with E-state index in [-0.39, 0.29) is 25.0 Å².